The van der Waals surface area contributed by atoms with Crippen molar-refractivity contribution < 1.29 is 13.2 Å². The Morgan fingerprint density at radius 1 is 0.839 bits per heavy atom. The van der Waals surface area contributed by atoms with E-state index in [-0.39, 0.29) is 11.6 Å². The Balaban J connectivity index is 1.51. The van der Waals surface area contributed by atoms with Gasteiger partial charge in [-0.2, -0.15) is 13.2 Å². The molecule has 5 rings (SSSR count). The van der Waals surface area contributed by atoms with Gasteiger partial charge in [0.1, 0.15) is 5.82 Å². The van der Waals surface area contributed by atoms with Crippen molar-refractivity contribution in [3.05, 3.63) is 72.4 Å². The molecule has 156 valence electrons. The monoisotopic (exact) mass is 423 g/mol. The Bertz CT molecular complexity index is 1210. The van der Waals surface area contributed by atoms with Crippen molar-refractivity contribution in [3.63, 3.8) is 0 Å². The van der Waals surface area contributed by atoms with Crippen molar-refractivity contribution in [2.75, 3.05) is 11.4 Å². The largest absolute Gasteiger partial charge is 0.433 e. The van der Waals surface area contributed by atoms with Gasteiger partial charge in [-0.1, -0.05) is 30.3 Å². The molecule has 0 amide bonds. The molecule has 0 saturated carbocycles. The quantitative estimate of drug-likeness (QED) is 0.499. The maximum Gasteiger partial charge on any atom is 0.433 e. The van der Waals surface area contributed by atoms with Gasteiger partial charge in [0.2, 0.25) is 0 Å². The van der Waals surface area contributed by atoms with E-state index >= 15 is 0 Å². The molecule has 0 N–H and O–H groups in total. The van der Waals surface area contributed by atoms with E-state index in [0.29, 0.717) is 31.0 Å². The molecule has 1 aliphatic heterocycles. The van der Waals surface area contributed by atoms with Crippen LogP contribution in [0.3, 0.4) is 0 Å². The Kier molecular flexibility index (Phi) is 4.61. The van der Waals surface area contributed by atoms with Crippen LogP contribution in [0, 0.1) is 0 Å². The summed E-state index contributed by atoms with van der Waals surface area (Å²) in [5.74, 6) is 1.61. The zero-order valence-corrected chi connectivity index (χ0v) is 16.2. The fourth-order valence-electron chi connectivity index (χ4n) is 3.53. The number of rotatable bonds is 3. The summed E-state index contributed by atoms with van der Waals surface area (Å²) < 4.78 is 42.5. The van der Waals surface area contributed by atoms with Gasteiger partial charge in [-0.3, -0.25) is 4.98 Å². The molecule has 4 heterocycles. The van der Waals surface area contributed by atoms with Gasteiger partial charge < -0.3 is 9.47 Å². The van der Waals surface area contributed by atoms with Gasteiger partial charge in [0.25, 0.3) is 0 Å². The molecule has 0 radical (unpaired) electrons. The van der Waals surface area contributed by atoms with E-state index in [1.54, 1.807) is 17.0 Å². The first-order valence-electron chi connectivity index (χ1n) is 9.58. The average molecular weight is 423 g/mol. The summed E-state index contributed by atoms with van der Waals surface area (Å²) in [4.78, 5) is 13.8. The number of fused-ring (bicyclic) bond motifs is 1. The fourth-order valence-corrected chi connectivity index (χ4v) is 3.53. The highest BCUT2D eigenvalue weighted by atomic mass is 19.4. The Morgan fingerprint density at radius 2 is 1.61 bits per heavy atom. The molecular weight excluding hydrogens is 407 g/mol. The maximum atomic E-state index is 13.5. The zero-order chi connectivity index (χ0) is 21.4. The summed E-state index contributed by atoms with van der Waals surface area (Å²) in [5, 5.41) is 8.54. The van der Waals surface area contributed by atoms with Crippen LogP contribution in [0.2, 0.25) is 0 Å². The Morgan fingerprint density at radius 3 is 2.35 bits per heavy atom. The normalized spacial score (nSPS) is 13.8. The van der Waals surface area contributed by atoms with Gasteiger partial charge >= 0.3 is 6.18 Å². The standard InChI is InChI=1S/C21H16F3N7/c22-21(23,24)16-12-17(27-19(26-16)14-6-8-25-9-7-14)30-10-11-31-18(13-30)28-29-20(31)15-4-2-1-3-5-15/h1-9,12H,10-11,13H2. The first-order chi connectivity index (χ1) is 15.0. The van der Waals surface area contributed by atoms with E-state index < -0.39 is 11.9 Å². The van der Waals surface area contributed by atoms with Crippen LogP contribution in [0.4, 0.5) is 19.0 Å². The Hall–Kier alpha value is -3.82. The predicted molar refractivity (Wildman–Crippen MR) is 107 cm³/mol. The second-order valence-corrected chi connectivity index (χ2v) is 7.05. The lowest BCUT2D eigenvalue weighted by Gasteiger charge is -2.29. The minimum atomic E-state index is -4.59. The highest BCUT2D eigenvalue weighted by molar-refractivity contribution is 5.58. The highest BCUT2D eigenvalue weighted by Gasteiger charge is 2.35. The molecule has 0 spiro atoms. The summed E-state index contributed by atoms with van der Waals surface area (Å²) in [6.07, 6.45) is -1.60. The molecule has 3 aromatic heterocycles. The van der Waals surface area contributed by atoms with Gasteiger partial charge in [0.05, 0.1) is 6.54 Å². The molecule has 0 saturated heterocycles. The lowest BCUT2D eigenvalue weighted by molar-refractivity contribution is -0.141. The number of anilines is 1. The Labute approximate surface area is 175 Å². The lowest BCUT2D eigenvalue weighted by atomic mass is 10.2. The molecule has 0 bridgehead atoms. The van der Waals surface area contributed by atoms with Crippen LogP contribution < -0.4 is 4.90 Å². The van der Waals surface area contributed by atoms with Crippen molar-refractivity contribution in [1.82, 2.24) is 29.7 Å². The molecule has 0 atom stereocenters. The second kappa shape index (κ2) is 7.46. The van der Waals surface area contributed by atoms with Crippen molar-refractivity contribution in [2.24, 2.45) is 0 Å². The van der Waals surface area contributed by atoms with E-state index in [1.165, 1.54) is 12.4 Å². The molecule has 0 unspecified atom stereocenters. The summed E-state index contributed by atoms with van der Waals surface area (Å²) in [7, 11) is 0. The molecule has 7 nitrogen and oxygen atoms in total. The van der Waals surface area contributed by atoms with Crippen molar-refractivity contribution >= 4 is 5.82 Å². The van der Waals surface area contributed by atoms with E-state index in [0.717, 1.165) is 17.5 Å². The van der Waals surface area contributed by atoms with Crippen molar-refractivity contribution in [3.8, 4) is 22.8 Å². The van der Waals surface area contributed by atoms with Crippen LogP contribution in [0.1, 0.15) is 11.5 Å². The van der Waals surface area contributed by atoms with E-state index in [1.807, 2.05) is 34.9 Å². The van der Waals surface area contributed by atoms with E-state index in [9.17, 15) is 13.2 Å². The number of hydrogen-bond donors (Lipinski definition) is 0. The number of pyridine rings is 1. The maximum absolute atomic E-state index is 13.5. The lowest BCUT2D eigenvalue weighted by Crippen LogP contribution is -2.35. The number of hydrogen-bond acceptors (Lipinski definition) is 6. The van der Waals surface area contributed by atoms with Crippen LogP contribution in [-0.4, -0.2) is 36.3 Å². The molecule has 31 heavy (non-hydrogen) atoms. The smallest absolute Gasteiger partial charge is 0.347 e. The van der Waals surface area contributed by atoms with Crippen LogP contribution in [0.15, 0.2) is 60.9 Å². The summed E-state index contributed by atoms with van der Waals surface area (Å²) in [6.45, 7) is 1.29. The van der Waals surface area contributed by atoms with E-state index in [4.69, 9.17) is 0 Å². The molecule has 1 aromatic carbocycles. The van der Waals surface area contributed by atoms with Gasteiger partial charge in [0.15, 0.2) is 23.2 Å². The van der Waals surface area contributed by atoms with Crippen LogP contribution >= 0.6 is 0 Å². The summed E-state index contributed by atoms with van der Waals surface area (Å²) >= 11 is 0. The van der Waals surface area contributed by atoms with E-state index in [2.05, 4.69) is 25.1 Å². The first kappa shape index (κ1) is 19.2. The molecular formula is C21H16F3N7. The number of benzene rings is 1. The number of alkyl halides is 3. The van der Waals surface area contributed by atoms with Crippen LogP contribution in [-0.2, 0) is 19.3 Å². The SMILES string of the molecule is FC(F)(F)c1cc(N2CCn3c(nnc3-c3ccccc3)C2)nc(-c2ccncc2)n1. The third kappa shape index (κ3) is 3.72. The minimum Gasteiger partial charge on any atom is -0.347 e. The third-order valence-corrected chi connectivity index (χ3v) is 5.05. The molecule has 0 aliphatic carbocycles. The molecule has 0 fully saturated rings. The zero-order valence-electron chi connectivity index (χ0n) is 16.2. The second-order valence-electron chi connectivity index (χ2n) is 7.05. The van der Waals surface area contributed by atoms with Crippen LogP contribution in [0.5, 0.6) is 0 Å². The third-order valence-electron chi connectivity index (χ3n) is 5.05. The van der Waals surface area contributed by atoms with Crippen molar-refractivity contribution in [2.45, 2.75) is 19.3 Å². The van der Waals surface area contributed by atoms with Gasteiger partial charge in [-0.15, -0.1) is 10.2 Å². The summed E-state index contributed by atoms with van der Waals surface area (Å²) in [5.41, 5.74) is 0.422. The van der Waals surface area contributed by atoms with Gasteiger partial charge in [-0.25, -0.2) is 9.97 Å². The van der Waals surface area contributed by atoms with Gasteiger partial charge in [0, 0.05) is 42.7 Å². The topological polar surface area (TPSA) is 72.6 Å². The molecule has 4 aromatic rings. The molecule has 10 heteroatoms. The molecule has 1 aliphatic rings. The number of aromatic nitrogens is 6. The van der Waals surface area contributed by atoms with Gasteiger partial charge in [-0.05, 0) is 12.1 Å². The average Bonchev–Trinajstić information content (AvgIpc) is 3.23. The van der Waals surface area contributed by atoms with Crippen LogP contribution in [0.25, 0.3) is 22.8 Å². The highest BCUT2D eigenvalue weighted by Crippen LogP contribution is 2.33. The van der Waals surface area contributed by atoms with Crippen molar-refractivity contribution in [1.29, 1.82) is 0 Å². The fraction of sp³-hybridized carbons (Fsp3) is 0.190. The minimum absolute atomic E-state index is 0.00393. The number of nitrogens with zero attached hydrogens (tertiary/aromatic N) is 7. The first-order valence-corrected chi connectivity index (χ1v) is 9.58. The number of halogens is 3. The summed E-state index contributed by atoms with van der Waals surface area (Å²) in [6, 6.07) is 13.8. The predicted octanol–water partition coefficient (Wildman–Crippen LogP) is 3.84.